The lowest BCUT2D eigenvalue weighted by molar-refractivity contribution is -0.155. The quantitative estimate of drug-likeness (QED) is 0.253. The van der Waals surface area contributed by atoms with E-state index in [2.05, 4.69) is 10.2 Å². The number of hydrogen-bond acceptors (Lipinski definition) is 6. The molecule has 2 atom stereocenters. The minimum Gasteiger partial charge on any atom is -0.383 e. The lowest BCUT2D eigenvalue weighted by atomic mass is 9.90. The fourth-order valence-corrected chi connectivity index (χ4v) is 5.12. The molecule has 8 nitrogen and oxygen atoms in total. The minimum atomic E-state index is -1.04. The molecule has 0 saturated carbocycles. The highest BCUT2D eigenvalue weighted by Gasteiger charge is 2.37. The van der Waals surface area contributed by atoms with E-state index in [0.29, 0.717) is 47.8 Å². The number of nitrogens with zero attached hydrogens (tertiary/aromatic N) is 5. The van der Waals surface area contributed by atoms with E-state index in [0.717, 1.165) is 24.3 Å². The average Bonchev–Trinajstić information content (AvgIpc) is 3.63. The summed E-state index contributed by atoms with van der Waals surface area (Å²) in [7, 11) is 3.32. The molecule has 12 heteroatoms. The topological polar surface area (TPSA) is 74.4 Å². The van der Waals surface area contributed by atoms with Crippen LogP contribution in [0.3, 0.4) is 0 Å². The summed E-state index contributed by atoms with van der Waals surface area (Å²) in [6, 6.07) is 6.99. The number of rotatable bonds is 10. The van der Waals surface area contributed by atoms with Crippen LogP contribution in [0, 0.1) is 36.1 Å². The number of aryl methyl sites for hydroxylation is 1. The van der Waals surface area contributed by atoms with Crippen molar-refractivity contribution in [1.29, 1.82) is 0 Å². The summed E-state index contributed by atoms with van der Waals surface area (Å²) in [6.07, 6.45) is 2.74. The van der Waals surface area contributed by atoms with Crippen molar-refractivity contribution >= 4 is 5.78 Å². The van der Waals surface area contributed by atoms with Gasteiger partial charge in [-0.25, -0.2) is 22.2 Å². The predicted octanol–water partition coefficient (Wildman–Crippen LogP) is 4.89. The third-order valence-electron chi connectivity index (χ3n) is 7.17. The monoisotopic (exact) mass is 571 g/mol. The maximum absolute atomic E-state index is 14.2. The number of halogens is 4. The largest absolute Gasteiger partial charge is 0.383 e. The Morgan fingerprint density at radius 3 is 2.46 bits per heavy atom. The summed E-state index contributed by atoms with van der Waals surface area (Å²) in [4.78, 5) is 19.6. The highest BCUT2D eigenvalue weighted by molar-refractivity contribution is 5.82. The van der Waals surface area contributed by atoms with Gasteiger partial charge in [-0.1, -0.05) is 6.07 Å². The van der Waals surface area contributed by atoms with Crippen LogP contribution in [0.5, 0.6) is 0 Å². The Morgan fingerprint density at radius 1 is 1.07 bits per heavy atom. The Kier molecular flexibility index (Phi) is 8.34. The summed E-state index contributed by atoms with van der Waals surface area (Å²) in [5.74, 6) is -4.53. The van der Waals surface area contributed by atoms with Crippen LogP contribution in [0.2, 0.25) is 0 Å². The molecule has 0 amide bonds. The average molecular weight is 572 g/mol. The molecule has 1 aliphatic rings. The van der Waals surface area contributed by atoms with Crippen LogP contribution in [-0.4, -0.2) is 57.2 Å². The third-order valence-corrected chi connectivity index (χ3v) is 7.17. The molecule has 0 unspecified atom stereocenters. The molecule has 41 heavy (non-hydrogen) atoms. The van der Waals surface area contributed by atoms with Gasteiger partial charge in [-0.2, -0.15) is 15.3 Å². The van der Waals surface area contributed by atoms with E-state index in [-0.39, 0.29) is 30.2 Å². The number of ether oxygens (including phenoxy) is 1. The van der Waals surface area contributed by atoms with Crippen LogP contribution in [0.4, 0.5) is 17.6 Å². The van der Waals surface area contributed by atoms with Crippen molar-refractivity contribution < 1.29 is 31.9 Å². The molecule has 2 aromatic heterocycles. The normalized spacial score (nSPS) is 17.4. The zero-order chi connectivity index (χ0) is 29.3. The number of hydrogen-bond donors (Lipinski definition) is 0. The maximum Gasteiger partial charge on any atom is 0.160 e. The molecule has 1 fully saturated rings. The first-order valence-corrected chi connectivity index (χ1v) is 13.0. The third kappa shape index (κ3) is 6.09. The van der Waals surface area contributed by atoms with Crippen LogP contribution in [0.25, 0.3) is 16.9 Å². The number of carbonyl (C=O) groups is 1. The van der Waals surface area contributed by atoms with Gasteiger partial charge in [0.05, 0.1) is 29.9 Å². The standard InChI is InChI=1S/C29H29F4N5O3/c1-17-27(38(21-5-7-24(31)26(33)12-21)35-28(17)20-14-34-36(2)15-20)13-22(39)10-19-16-37(8-9-40-3)41-29(19)18-4-6-23(30)25(32)11-18/h4-7,11-12,14-15,19,29H,8-10,13,16H2,1-3H3/t19-,29+/m1/s1. The molecular weight excluding hydrogens is 542 g/mol. The maximum atomic E-state index is 14.2. The first-order valence-electron chi connectivity index (χ1n) is 13.0. The lowest BCUT2D eigenvalue weighted by Crippen LogP contribution is -2.24. The number of aromatic nitrogens is 4. The van der Waals surface area contributed by atoms with E-state index in [1.54, 1.807) is 36.3 Å². The van der Waals surface area contributed by atoms with Crippen LogP contribution in [-0.2, 0) is 27.8 Å². The van der Waals surface area contributed by atoms with Crippen molar-refractivity contribution in [2.24, 2.45) is 13.0 Å². The Bertz CT molecular complexity index is 1570. The van der Waals surface area contributed by atoms with Crippen LogP contribution in [0.15, 0.2) is 48.8 Å². The second-order valence-electron chi connectivity index (χ2n) is 10.1. The summed E-state index contributed by atoms with van der Waals surface area (Å²) < 4.78 is 63.7. The molecule has 2 aromatic carbocycles. The van der Waals surface area contributed by atoms with Gasteiger partial charge >= 0.3 is 0 Å². The Morgan fingerprint density at radius 2 is 1.80 bits per heavy atom. The summed E-state index contributed by atoms with van der Waals surface area (Å²) in [6.45, 7) is 3.00. The van der Waals surface area contributed by atoms with Gasteiger partial charge in [-0.3, -0.25) is 14.3 Å². The fourth-order valence-electron chi connectivity index (χ4n) is 5.12. The molecule has 0 N–H and O–H groups in total. The summed E-state index contributed by atoms with van der Waals surface area (Å²) >= 11 is 0. The molecular formula is C29H29F4N5O3. The van der Waals surface area contributed by atoms with Gasteiger partial charge < -0.3 is 4.74 Å². The Balaban J connectivity index is 1.44. The summed E-state index contributed by atoms with van der Waals surface area (Å²) in [5.41, 5.74) is 3.15. The van der Waals surface area contributed by atoms with E-state index >= 15 is 0 Å². The molecule has 3 heterocycles. The fraction of sp³-hybridized carbons (Fsp3) is 0.345. The number of Topliss-reactive ketones (excluding diaryl/α,β-unsaturated/α-hetero) is 1. The lowest BCUT2D eigenvalue weighted by Gasteiger charge is -2.18. The van der Waals surface area contributed by atoms with E-state index in [9.17, 15) is 22.4 Å². The van der Waals surface area contributed by atoms with Crippen molar-refractivity contribution in [2.75, 3.05) is 26.8 Å². The van der Waals surface area contributed by atoms with Gasteiger partial charge in [0.1, 0.15) is 11.9 Å². The number of methoxy groups -OCH3 is 1. The van der Waals surface area contributed by atoms with Crippen molar-refractivity contribution in [3.05, 3.63) is 88.9 Å². The second kappa shape index (κ2) is 11.9. The number of benzene rings is 2. The molecule has 216 valence electrons. The van der Waals surface area contributed by atoms with E-state index < -0.39 is 29.4 Å². The zero-order valence-corrected chi connectivity index (χ0v) is 22.8. The Hall–Kier alpha value is -3.87. The number of carbonyl (C=O) groups excluding carboxylic acids is 1. The molecule has 0 bridgehead atoms. The minimum absolute atomic E-state index is 0.0584. The van der Waals surface area contributed by atoms with E-state index in [4.69, 9.17) is 9.57 Å². The first-order chi connectivity index (χ1) is 19.6. The molecule has 5 rings (SSSR count). The number of ketones is 1. The van der Waals surface area contributed by atoms with Gasteiger partial charge in [0.2, 0.25) is 0 Å². The van der Waals surface area contributed by atoms with Crippen molar-refractivity contribution in [2.45, 2.75) is 25.9 Å². The predicted molar refractivity (Wildman–Crippen MR) is 141 cm³/mol. The van der Waals surface area contributed by atoms with Crippen molar-refractivity contribution in [3.8, 4) is 16.9 Å². The zero-order valence-electron chi connectivity index (χ0n) is 22.8. The SMILES string of the molecule is COCCN1C[C@@H](CC(=O)Cc2c(C)c(-c3cnn(C)c3)nn2-c2ccc(F)c(F)c2)[C@H](c2ccc(F)c(F)c2)O1. The molecule has 4 aromatic rings. The number of hydroxylamine groups is 2. The van der Waals surface area contributed by atoms with Crippen molar-refractivity contribution in [1.82, 2.24) is 24.6 Å². The molecule has 1 saturated heterocycles. The smallest absolute Gasteiger partial charge is 0.160 e. The van der Waals surface area contributed by atoms with Gasteiger partial charge in [-0.05, 0) is 42.3 Å². The van der Waals surface area contributed by atoms with E-state index in [1.165, 1.54) is 16.8 Å². The molecule has 1 aliphatic heterocycles. The van der Waals surface area contributed by atoms with Crippen molar-refractivity contribution in [3.63, 3.8) is 0 Å². The molecule has 0 spiro atoms. The Labute approximate surface area is 234 Å². The van der Waals surface area contributed by atoms with Crippen LogP contribution >= 0.6 is 0 Å². The van der Waals surface area contributed by atoms with Gasteiger partial charge in [-0.15, -0.1) is 0 Å². The van der Waals surface area contributed by atoms with Gasteiger partial charge in [0.25, 0.3) is 0 Å². The van der Waals surface area contributed by atoms with Crippen LogP contribution < -0.4 is 0 Å². The van der Waals surface area contributed by atoms with Gasteiger partial charge in [0.15, 0.2) is 23.3 Å². The van der Waals surface area contributed by atoms with E-state index in [1.807, 2.05) is 6.92 Å². The van der Waals surface area contributed by atoms with Crippen LogP contribution in [0.1, 0.15) is 29.3 Å². The first kappa shape index (κ1) is 28.7. The van der Waals surface area contributed by atoms with Gasteiger partial charge in [0, 0.05) is 63.8 Å². The highest BCUT2D eigenvalue weighted by Crippen LogP contribution is 2.37. The highest BCUT2D eigenvalue weighted by atomic mass is 19.2. The second-order valence-corrected chi connectivity index (χ2v) is 10.1. The summed E-state index contributed by atoms with van der Waals surface area (Å²) in [5, 5.41) is 10.5. The molecule has 0 radical (unpaired) electrons. The molecule has 0 aliphatic carbocycles.